The lowest BCUT2D eigenvalue weighted by Crippen LogP contribution is -1.96. The third kappa shape index (κ3) is 3.44. The number of aryl methyl sites for hydroxylation is 1. The lowest BCUT2D eigenvalue weighted by Gasteiger charge is -2.05. The minimum atomic E-state index is -0.475. The molecule has 0 spiro atoms. The van der Waals surface area contributed by atoms with Crippen LogP contribution in [0.15, 0.2) is 58.8 Å². The molecule has 0 atom stereocenters. The lowest BCUT2D eigenvalue weighted by molar-refractivity contribution is 0.0995. The fourth-order valence-electron chi connectivity index (χ4n) is 2.80. The van der Waals surface area contributed by atoms with Gasteiger partial charge in [-0.2, -0.15) is 0 Å². The molecule has 0 radical (unpaired) electrons. The van der Waals surface area contributed by atoms with Gasteiger partial charge in [-0.25, -0.2) is 0 Å². The third-order valence-electron chi connectivity index (χ3n) is 4.23. The molecule has 134 valence electrons. The van der Waals surface area contributed by atoms with Gasteiger partial charge in [-0.3, -0.25) is 4.79 Å². The molecular weight excluding hydrogens is 330 g/mol. The number of ether oxygens (including phenoxy) is 1. The van der Waals surface area contributed by atoms with E-state index in [-0.39, 0.29) is 5.88 Å². The van der Waals surface area contributed by atoms with E-state index < -0.39 is 5.91 Å². The number of rotatable bonds is 6. The summed E-state index contributed by atoms with van der Waals surface area (Å²) in [7, 11) is 1.56. The summed E-state index contributed by atoms with van der Waals surface area (Å²) in [6.07, 6.45) is 1.95. The van der Waals surface area contributed by atoms with E-state index in [9.17, 15) is 9.90 Å². The summed E-state index contributed by atoms with van der Waals surface area (Å²) in [5, 5.41) is 19.2. The fraction of sp³-hybridized carbons (Fsp3) is 0.250. The zero-order chi connectivity index (χ0) is 18.5. The largest absolute Gasteiger partial charge is 0.497 e. The number of nitrogens with zero attached hydrogens (tertiary/aromatic N) is 3. The van der Waals surface area contributed by atoms with Gasteiger partial charge >= 0.3 is 0 Å². The molecule has 26 heavy (non-hydrogen) atoms. The molecular formula is C20H21N3O3. The van der Waals surface area contributed by atoms with Crippen molar-refractivity contribution in [2.24, 2.45) is 10.2 Å². The number of aromatic nitrogens is 1. The van der Waals surface area contributed by atoms with Crippen LogP contribution >= 0.6 is 0 Å². The van der Waals surface area contributed by atoms with Crippen LogP contribution in [0.1, 0.15) is 30.1 Å². The van der Waals surface area contributed by atoms with Gasteiger partial charge in [0.25, 0.3) is 5.91 Å². The van der Waals surface area contributed by atoms with Gasteiger partial charge in [-0.05, 0) is 36.8 Å². The van der Waals surface area contributed by atoms with Gasteiger partial charge in [0, 0.05) is 17.5 Å². The predicted octanol–water partition coefficient (Wildman–Crippen LogP) is 5.08. The van der Waals surface area contributed by atoms with Crippen molar-refractivity contribution in [3.05, 3.63) is 54.1 Å². The van der Waals surface area contributed by atoms with E-state index >= 15 is 0 Å². The Morgan fingerprint density at radius 3 is 2.58 bits per heavy atom. The van der Waals surface area contributed by atoms with Crippen molar-refractivity contribution < 1.29 is 14.6 Å². The molecule has 1 heterocycles. The Labute approximate surface area is 151 Å². The van der Waals surface area contributed by atoms with Crippen LogP contribution in [0.5, 0.6) is 11.6 Å². The van der Waals surface area contributed by atoms with Gasteiger partial charge in [0.1, 0.15) is 5.75 Å². The first-order valence-electron chi connectivity index (χ1n) is 8.56. The number of azo groups is 1. The minimum absolute atomic E-state index is 0.0333. The highest BCUT2D eigenvalue weighted by Gasteiger charge is 2.16. The maximum absolute atomic E-state index is 12.3. The highest BCUT2D eigenvalue weighted by Crippen LogP contribution is 2.39. The second kappa shape index (κ2) is 7.82. The first kappa shape index (κ1) is 17.7. The number of hydrogen-bond acceptors (Lipinski definition) is 4. The monoisotopic (exact) mass is 351 g/mol. The van der Waals surface area contributed by atoms with Crippen LogP contribution in [0.4, 0.5) is 5.69 Å². The van der Waals surface area contributed by atoms with Crippen LogP contribution in [0.25, 0.3) is 10.9 Å². The highest BCUT2D eigenvalue weighted by molar-refractivity contribution is 5.97. The molecule has 6 nitrogen and oxygen atoms in total. The van der Waals surface area contributed by atoms with Crippen molar-refractivity contribution in [3.63, 3.8) is 0 Å². The number of amides is 1. The standard InChI is InChI=1S/C20H21N3O3/c1-3-4-13-23-17-8-6-5-7-16(17)18(20(23)25)21-22-19(24)14-9-11-15(26-2)12-10-14/h5-12,25H,3-4,13H2,1-2H3. The Morgan fingerprint density at radius 1 is 1.15 bits per heavy atom. The van der Waals surface area contributed by atoms with Crippen LogP contribution in [0.2, 0.25) is 0 Å². The van der Waals surface area contributed by atoms with Crippen LogP contribution < -0.4 is 4.74 Å². The molecule has 2 aromatic carbocycles. The normalized spacial score (nSPS) is 11.3. The topological polar surface area (TPSA) is 76.2 Å². The number of fused-ring (bicyclic) bond motifs is 1. The molecule has 0 saturated carbocycles. The average Bonchev–Trinajstić information content (AvgIpc) is 2.95. The van der Waals surface area contributed by atoms with E-state index in [0.29, 0.717) is 23.5 Å². The smallest absolute Gasteiger partial charge is 0.295 e. The van der Waals surface area contributed by atoms with Crippen molar-refractivity contribution >= 4 is 22.5 Å². The predicted molar refractivity (Wildman–Crippen MR) is 100 cm³/mol. The molecule has 3 aromatic rings. The molecule has 0 unspecified atom stereocenters. The molecule has 1 aromatic heterocycles. The van der Waals surface area contributed by atoms with Crippen molar-refractivity contribution in [3.8, 4) is 11.6 Å². The van der Waals surface area contributed by atoms with Crippen molar-refractivity contribution in [1.29, 1.82) is 0 Å². The molecule has 6 heteroatoms. The van der Waals surface area contributed by atoms with E-state index in [1.54, 1.807) is 31.4 Å². The molecule has 1 amide bonds. The van der Waals surface area contributed by atoms with E-state index in [2.05, 4.69) is 17.2 Å². The van der Waals surface area contributed by atoms with E-state index in [1.807, 2.05) is 28.8 Å². The second-order valence-corrected chi connectivity index (χ2v) is 5.93. The maximum Gasteiger partial charge on any atom is 0.295 e. The summed E-state index contributed by atoms with van der Waals surface area (Å²) in [6, 6.07) is 14.2. The van der Waals surface area contributed by atoms with Crippen molar-refractivity contribution in [2.75, 3.05) is 7.11 Å². The first-order chi connectivity index (χ1) is 12.7. The highest BCUT2D eigenvalue weighted by atomic mass is 16.5. The molecule has 0 aliphatic heterocycles. The van der Waals surface area contributed by atoms with Crippen LogP contribution in [0, 0.1) is 0 Å². The average molecular weight is 351 g/mol. The Kier molecular flexibility index (Phi) is 5.31. The Hall–Kier alpha value is -3.15. The number of hydrogen-bond donors (Lipinski definition) is 1. The third-order valence-corrected chi connectivity index (χ3v) is 4.23. The van der Waals surface area contributed by atoms with Crippen LogP contribution in [-0.2, 0) is 6.54 Å². The molecule has 1 N–H and O–H groups in total. The van der Waals surface area contributed by atoms with E-state index in [1.165, 1.54) is 0 Å². The zero-order valence-electron chi connectivity index (χ0n) is 14.8. The van der Waals surface area contributed by atoms with Gasteiger partial charge < -0.3 is 14.4 Å². The van der Waals surface area contributed by atoms with Gasteiger partial charge in [0.15, 0.2) is 5.69 Å². The Morgan fingerprint density at radius 2 is 1.88 bits per heavy atom. The number of methoxy groups -OCH3 is 1. The molecule has 3 rings (SSSR count). The quantitative estimate of drug-likeness (QED) is 0.629. The van der Waals surface area contributed by atoms with Gasteiger partial charge in [-0.1, -0.05) is 31.5 Å². The number of benzene rings is 2. The molecule has 0 saturated heterocycles. The number of aromatic hydroxyl groups is 1. The Balaban J connectivity index is 1.93. The lowest BCUT2D eigenvalue weighted by atomic mass is 10.2. The summed E-state index contributed by atoms with van der Waals surface area (Å²) in [4.78, 5) is 12.3. The summed E-state index contributed by atoms with van der Waals surface area (Å²) < 4.78 is 6.89. The minimum Gasteiger partial charge on any atom is -0.497 e. The molecule has 0 aliphatic rings. The molecule has 0 fully saturated rings. The second-order valence-electron chi connectivity index (χ2n) is 5.93. The number of carbonyl (C=O) groups excluding carboxylic acids is 1. The van der Waals surface area contributed by atoms with E-state index in [0.717, 1.165) is 23.7 Å². The van der Waals surface area contributed by atoms with Crippen molar-refractivity contribution in [1.82, 2.24) is 4.57 Å². The fourth-order valence-corrected chi connectivity index (χ4v) is 2.80. The van der Waals surface area contributed by atoms with Crippen LogP contribution in [-0.4, -0.2) is 22.7 Å². The number of para-hydroxylation sites is 1. The van der Waals surface area contributed by atoms with Gasteiger partial charge in [-0.15, -0.1) is 10.2 Å². The molecule has 0 bridgehead atoms. The molecule has 0 aliphatic carbocycles. The van der Waals surface area contributed by atoms with E-state index in [4.69, 9.17) is 4.74 Å². The van der Waals surface area contributed by atoms with Gasteiger partial charge in [0.05, 0.1) is 12.6 Å². The number of carbonyl (C=O) groups is 1. The van der Waals surface area contributed by atoms with Crippen molar-refractivity contribution in [2.45, 2.75) is 26.3 Å². The summed E-state index contributed by atoms with van der Waals surface area (Å²) in [5.74, 6) is 0.221. The number of unbranched alkanes of at least 4 members (excludes halogenated alkanes) is 1. The summed E-state index contributed by atoms with van der Waals surface area (Å²) >= 11 is 0. The maximum atomic E-state index is 12.3. The Bertz CT molecular complexity index is 943. The van der Waals surface area contributed by atoms with Crippen LogP contribution in [0.3, 0.4) is 0 Å². The van der Waals surface area contributed by atoms with Gasteiger partial charge in [0.2, 0.25) is 5.88 Å². The SMILES string of the molecule is CCCCn1c(O)c(N=NC(=O)c2ccc(OC)cc2)c2ccccc21. The summed E-state index contributed by atoms with van der Waals surface area (Å²) in [5.41, 5.74) is 1.60. The zero-order valence-corrected chi connectivity index (χ0v) is 14.8. The summed E-state index contributed by atoms with van der Waals surface area (Å²) in [6.45, 7) is 2.78. The first-order valence-corrected chi connectivity index (χ1v) is 8.56.